The first kappa shape index (κ1) is 33.7. The van der Waals surface area contributed by atoms with Gasteiger partial charge < -0.3 is 9.47 Å². The van der Waals surface area contributed by atoms with Gasteiger partial charge in [0, 0.05) is 49.4 Å². The van der Waals surface area contributed by atoms with Crippen LogP contribution in [0.3, 0.4) is 0 Å². The third-order valence-electron chi connectivity index (χ3n) is 12.6. The number of hydrogen-bond acceptors (Lipinski definition) is 2. The van der Waals surface area contributed by atoms with Crippen molar-refractivity contribution in [3.8, 4) is 45.0 Å². The van der Waals surface area contributed by atoms with Crippen molar-refractivity contribution < 1.29 is 0 Å². The van der Waals surface area contributed by atoms with Gasteiger partial charge in [-0.2, -0.15) is 0 Å². The van der Waals surface area contributed by atoms with Crippen LogP contribution in [0.4, 0.5) is 17.1 Å². The maximum Gasteiger partial charge on any atom is 0.138 e. The van der Waals surface area contributed by atoms with Crippen LogP contribution in [-0.2, 0) is 0 Å². The zero-order valence-electron chi connectivity index (χ0n) is 33.1. The average Bonchev–Trinajstić information content (AvgIpc) is 3.85. The molecule has 1 aliphatic rings. The summed E-state index contributed by atoms with van der Waals surface area (Å²) in [4.78, 5) is 7.96. The molecule has 0 aliphatic carbocycles. The Morgan fingerprint density at radius 2 is 0.934 bits per heavy atom. The SMILES string of the molecule is c1ccc(-c2ccc3c4c(cccc24)N(c2ccccc2)c2c-3ccc3c2c2ccccc2n3-c2cccc(-c3ccc4c(c3)c3ccccc3n4-c3ccccc3)n2)cc1. The van der Waals surface area contributed by atoms with E-state index in [1.54, 1.807) is 0 Å². The van der Waals surface area contributed by atoms with Crippen LogP contribution >= 0.6 is 0 Å². The minimum Gasteiger partial charge on any atom is -0.309 e. The molecule has 61 heavy (non-hydrogen) atoms. The highest BCUT2D eigenvalue weighted by Crippen LogP contribution is 2.56. The molecule has 284 valence electrons. The van der Waals surface area contributed by atoms with Crippen molar-refractivity contribution >= 4 is 71.4 Å². The van der Waals surface area contributed by atoms with Crippen molar-refractivity contribution in [2.45, 2.75) is 0 Å². The van der Waals surface area contributed by atoms with Crippen molar-refractivity contribution in [2.75, 3.05) is 4.90 Å². The van der Waals surface area contributed by atoms with Gasteiger partial charge in [0.2, 0.25) is 0 Å². The van der Waals surface area contributed by atoms with Crippen molar-refractivity contribution in [2.24, 2.45) is 0 Å². The zero-order valence-corrected chi connectivity index (χ0v) is 33.1. The molecule has 4 nitrogen and oxygen atoms in total. The first-order valence-corrected chi connectivity index (χ1v) is 20.9. The van der Waals surface area contributed by atoms with Crippen LogP contribution in [0.5, 0.6) is 0 Å². The molecule has 0 atom stereocenters. The lowest BCUT2D eigenvalue weighted by atomic mass is 9.86. The molecule has 0 amide bonds. The Balaban J connectivity index is 1.03. The number of fused-ring (bicyclic) bond motifs is 9. The smallest absolute Gasteiger partial charge is 0.138 e. The van der Waals surface area contributed by atoms with E-state index in [2.05, 4.69) is 232 Å². The van der Waals surface area contributed by atoms with Gasteiger partial charge in [-0.15, -0.1) is 0 Å². The van der Waals surface area contributed by atoms with Gasteiger partial charge in [0.05, 0.1) is 39.1 Å². The van der Waals surface area contributed by atoms with Gasteiger partial charge in [0.1, 0.15) is 5.82 Å². The van der Waals surface area contributed by atoms with Crippen molar-refractivity contribution in [1.29, 1.82) is 0 Å². The average molecular weight is 777 g/mol. The molecule has 0 spiro atoms. The molecule has 0 fully saturated rings. The highest BCUT2D eigenvalue weighted by Gasteiger charge is 2.31. The molecule has 12 aromatic rings. The Labute approximate surface area is 352 Å². The van der Waals surface area contributed by atoms with E-state index in [9.17, 15) is 0 Å². The molecule has 4 heteroatoms. The number of aromatic nitrogens is 3. The second-order valence-corrected chi connectivity index (χ2v) is 15.9. The molecule has 0 N–H and O–H groups in total. The molecule has 0 saturated carbocycles. The van der Waals surface area contributed by atoms with Gasteiger partial charge in [-0.3, -0.25) is 4.57 Å². The maximum absolute atomic E-state index is 5.48. The summed E-state index contributed by atoms with van der Waals surface area (Å²) < 4.78 is 4.71. The Morgan fingerprint density at radius 1 is 0.328 bits per heavy atom. The molecule has 9 aromatic carbocycles. The standard InChI is InChI=1S/C57H36N4/c1-4-16-37(17-5-1)41-31-32-44-45-33-35-53-56(57(45)60(40-20-8-3-9-21-40)52-28-14-24-43(41)55(44)52)46-23-11-13-27-50(46)61(53)54-29-15-25-48(58-54)38-30-34-51-47(36-38)42-22-10-12-26-49(42)59(51)39-18-6-2-7-19-39/h1-36H. The summed E-state index contributed by atoms with van der Waals surface area (Å²) in [5.41, 5.74) is 16.2. The lowest BCUT2D eigenvalue weighted by molar-refractivity contribution is 1.08. The van der Waals surface area contributed by atoms with E-state index < -0.39 is 0 Å². The molecule has 1 aliphatic heterocycles. The number of benzene rings is 9. The summed E-state index contributed by atoms with van der Waals surface area (Å²) in [5.74, 6) is 0.882. The third kappa shape index (κ3) is 4.97. The number of nitrogens with zero attached hydrogens (tertiary/aromatic N) is 4. The lowest BCUT2D eigenvalue weighted by Gasteiger charge is -2.34. The second kappa shape index (κ2) is 13.2. The quantitative estimate of drug-likeness (QED) is 0.174. The second-order valence-electron chi connectivity index (χ2n) is 15.9. The van der Waals surface area contributed by atoms with Crippen molar-refractivity contribution in [3.05, 3.63) is 218 Å². The minimum absolute atomic E-state index is 0.882. The fourth-order valence-electron chi connectivity index (χ4n) is 10.1. The van der Waals surface area contributed by atoms with Gasteiger partial charge in [0.25, 0.3) is 0 Å². The summed E-state index contributed by atoms with van der Waals surface area (Å²) in [6.45, 7) is 0. The Hall–Kier alpha value is -8.21. The monoisotopic (exact) mass is 776 g/mol. The summed E-state index contributed by atoms with van der Waals surface area (Å²) in [6, 6.07) is 78.9. The largest absolute Gasteiger partial charge is 0.309 e. The van der Waals surface area contributed by atoms with E-state index in [-0.39, 0.29) is 0 Å². The van der Waals surface area contributed by atoms with E-state index in [0.717, 1.165) is 39.5 Å². The van der Waals surface area contributed by atoms with Crippen molar-refractivity contribution in [3.63, 3.8) is 0 Å². The summed E-state index contributed by atoms with van der Waals surface area (Å²) in [6.07, 6.45) is 0. The molecule has 3 aromatic heterocycles. The van der Waals surface area contributed by atoms with Crippen LogP contribution < -0.4 is 4.90 Å². The Kier molecular flexibility index (Phi) is 7.27. The third-order valence-corrected chi connectivity index (χ3v) is 12.6. The number of para-hydroxylation sites is 4. The van der Waals surface area contributed by atoms with E-state index in [0.29, 0.717) is 0 Å². The predicted molar refractivity (Wildman–Crippen MR) is 255 cm³/mol. The highest BCUT2D eigenvalue weighted by molar-refractivity contribution is 6.25. The van der Waals surface area contributed by atoms with E-state index in [1.165, 1.54) is 77.0 Å². The Bertz CT molecular complexity index is 3690. The first-order valence-electron chi connectivity index (χ1n) is 20.9. The number of anilines is 3. The van der Waals surface area contributed by atoms with E-state index >= 15 is 0 Å². The fourth-order valence-corrected chi connectivity index (χ4v) is 10.1. The van der Waals surface area contributed by atoms with Gasteiger partial charge in [-0.05, 0) is 94.9 Å². The van der Waals surface area contributed by atoms with E-state index in [1.807, 2.05) is 0 Å². The number of rotatable bonds is 5. The topological polar surface area (TPSA) is 26.0 Å². The Morgan fingerprint density at radius 3 is 1.74 bits per heavy atom. The fraction of sp³-hybridized carbons (Fsp3) is 0. The first-order chi connectivity index (χ1) is 30.3. The van der Waals surface area contributed by atoms with Crippen LogP contribution in [0.1, 0.15) is 0 Å². The van der Waals surface area contributed by atoms with Crippen LogP contribution in [0.2, 0.25) is 0 Å². The molecule has 0 bridgehead atoms. The van der Waals surface area contributed by atoms with Gasteiger partial charge in [-0.1, -0.05) is 146 Å². The molecule has 4 heterocycles. The van der Waals surface area contributed by atoms with Gasteiger partial charge >= 0.3 is 0 Å². The lowest BCUT2D eigenvalue weighted by Crippen LogP contribution is -2.15. The van der Waals surface area contributed by atoms with Crippen molar-refractivity contribution in [1.82, 2.24) is 14.1 Å². The predicted octanol–water partition coefficient (Wildman–Crippen LogP) is 15.2. The normalized spacial score (nSPS) is 12.2. The zero-order chi connectivity index (χ0) is 40.0. The number of pyridine rings is 1. The van der Waals surface area contributed by atoms with Crippen LogP contribution in [-0.4, -0.2) is 14.1 Å². The molecular formula is C57H36N4. The van der Waals surface area contributed by atoms with Crippen LogP contribution in [0.15, 0.2) is 218 Å². The molecule has 13 rings (SSSR count). The molecule has 0 radical (unpaired) electrons. The minimum atomic E-state index is 0.882. The summed E-state index contributed by atoms with van der Waals surface area (Å²) in [5, 5.41) is 7.34. The van der Waals surface area contributed by atoms with Gasteiger partial charge in [0.15, 0.2) is 0 Å². The van der Waals surface area contributed by atoms with E-state index in [4.69, 9.17) is 4.98 Å². The number of hydrogen-bond donors (Lipinski definition) is 0. The summed E-state index contributed by atoms with van der Waals surface area (Å²) >= 11 is 0. The highest BCUT2D eigenvalue weighted by atomic mass is 15.2. The van der Waals surface area contributed by atoms with Crippen LogP contribution in [0.25, 0.3) is 99.4 Å². The molecule has 0 unspecified atom stereocenters. The molecular weight excluding hydrogens is 741 g/mol. The molecule has 0 saturated heterocycles. The summed E-state index contributed by atoms with van der Waals surface area (Å²) in [7, 11) is 0. The van der Waals surface area contributed by atoms with Crippen LogP contribution in [0, 0.1) is 0 Å². The maximum atomic E-state index is 5.48. The van der Waals surface area contributed by atoms with Gasteiger partial charge in [-0.25, -0.2) is 4.98 Å².